The Labute approximate surface area is 111 Å². The third-order valence-corrected chi connectivity index (χ3v) is 4.35. The Morgan fingerprint density at radius 3 is 2.94 bits per heavy atom. The molecule has 2 rings (SSSR count). The fraction of sp³-hybridized carbons (Fsp3) is 0.462. The van der Waals surface area contributed by atoms with Crippen LogP contribution in [0.1, 0.15) is 6.42 Å². The summed E-state index contributed by atoms with van der Waals surface area (Å²) in [6.45, 7) is 0. The van der Waals surface area contributed by atoms with Crippen molar-refractivity contribution in [1.82, 2.24) is 0 Å². The van der Waals surface area contributed by atoms with E-state index in [4.69, 9.17) is 10.5 Å². The SMILES string of the molecule is COc1ccccc1NC(C(N)=O)C1CCSC1. The monoisotopic (exact) mass is 266 g/mol. The van der Waals surface area contributed by atoms with Gasteiger partial charge in [-0.05, 0) is 36.0 Å². The van der Waals surface area contributed by atoms with Crippen LogP contribution in [-0.4, -0.2) is 30.6 Å². The lowest BCUT2D eigenvalue weighted by Crippen LogP contribution is -2.41. The van der Waals surface area contributed by atoms with Gasteiger partial charge in [0, 0.05) is 0 Å². The van der Waals surface area contributed by atoms with Crippen LogP contribution in [0, 0.1) is 5.92 Å². The summed E-state index contributed by atoms with van der Waals surface area (Å²) in [5.41, 5.74) is 6.32. The summed E-state index contributed by atoms with van der Waals surface area (Å²) >= 11 is 1.87. The van der Waals surface area contributed by atoms with E-state index in [-0.39, 0.29) is 11.9 Å². The Bertz CT molecular complexity index is 419. The first-order chi connectivity index (χ1) is 8.72. The molecule has 0 aromatic heterocycles. The summed E-state index contributed by atoms with van der Waals surface area (Å²) in [4.78, 5) is 11.6. The van der Waals surface area contributed by atoms with Gasteiger partial charge in [0.2, 0.25) is 5.91 Å². The maximum Gasteiger partial charge on any atom is 0.240 e. The van der Waals surface area contributed by atoms with Crippen molar-refractivity contribution in [3.05, 3.63) is 24.3 Å². The van der Waals surface area contributed by atoms with E-state index in [0.717, 1.165) is 29.4 Å². The van der Waals surface area contributed by atoms with Crippen molar-refractivity contribution in [1.29, 1.82) is 0 Å². The van der Waals surface area contributed by atoms with E-state index in [0.29, 0.717) is 5.92 Å². The van der Waals surface area contributed by atoms with Gasteiger partial charge in [-0.25, -0.2) is 0 Å². The zero-order valence-electron chi connectivity index (χ0n) is 10.4. The van der Waals surface area contributed by atoms with Crippen LogP contribution in [0.25, 0.3) is 0 Å². The second-order valence-corrected chi connectivity index (χ2v) is 5.50. The van der Waals surface area contributed by atoms with Crippen molar-refractivity contribution in [3.8, 4) is 5.75 Å². The van der Waals surface area contributed by atoms with Crippen molar-refractivity contribution in [2.45, 2.75) is 12.5 Å². The third-order valence-electron chi connectivity index (χ3n) is 3.16. The van der Waals surface area contributed by atoms with Crippen molar-refractivity contribution in [2.24, 2.45) is 11.7 Å². The molecular weight excluding hydrogens is 248 g/mol. The Kier molecular flexibility index (Phi) is 4.36. The van der Waals surface area contributed by atoms with E-state index in [9.17, 15) is 4.79 Å². The molecule has 0 saturated carbocycles. The molecule has 0 bridgehead atoms. The average molecular weight is 266 g/mol. The number of carbonyl (C=O) groups excluding carboxylic acids is 1. The largest absolute Gasteiger partial charge is 0.495 e. The van der Waals surface area contributed by atoms with E-state index in [1.54, 1.807) is 7.11 Å². The van der Waals surface area contributed by atoms with Gasteiger partial charge in [0.15, 0.2) is 0 Å². The normalized spacial score (nSPS) is 20.4. The number of amides is 1. The molecule has 1 heterocycles. The van der Waals surface area contributed by atoms with Gasteiger partial charge >= 0.3 is 0 Å². The van der Waals surface area contributed by atoms with Crippen LogP contribution in [0.15, 0.2) is 24.3 Å². The number of hydrogen-bond donors (Lipinski definition) is 2. The molecule has 1 amide bonds. The van der Waals surface area contributed by atoms with Gasteiger partial charge in [-0.2, -0.15) is 11.8 Å². The van der Waals surface area contributed by atoms with Crippen LogP contribution >= 0.6 is 11.8 Å². The minimum Gasteiger partial charge on any atom is -0.495 e. The van der Waals surface area contributed by atoms with Crippen LogP contribution in [0.4, 0.5) is 5.69 Å². The highest BCUT2D eigenvalue weighted by molar-refractivity contribution is 7.99. The summed E-state index contributed by atoms with van der Waals surface area (Å²) in [5.74, 6) is 2.82. The highest BCUT2D eigenvalue weighted by Gasteiger charge is 2.29. The molecule has 1 aliphatic heterocycles. The van der Waals surface area contributed by atoms with Gasteiger partial charge in [0.1, 0.15) is 11.8 Å². The second kappa shape index (κ2) is 6.00. The molecule has 18 heavy (non-hydrogen) atoms. The lowest BCUT2D eigenvalue weighted by atomic mass is 9.98. The maximum atomic E-state index is 11.6. The number of thioether (sulfide) groups is 1. The van der Waals surface area contributed by atoms with Crippen LogP contribution in [0.5, 0.6) is 5.75 Å². The summed E-state index contributed by atoms with van der Waals surface area (Å²) in [6.07, 6.45) is 1.03. The van der Waals surface area contributed by atoms with E-state index >= 15 is 0 Å². The molecule has 4 nitrogen and oxygen atoms in total. The highest BCUT2D eigenvalue weighted by Crippen LogP contribution is 2.30. The number of rotatable bonds is 5. The van der Waals surface area contributed by atoms with Crippen LogP contribution in [0.2, 0.25) is 0 Å². The van der Waals surface area contributed by atoms with E-state index in [1.165, 1.54) is 0 Å². The Balaban J connectivity index is 2.15. The standard InChI is InChI=1S/C13H18N2O2S/c1-17-11-5-3-2-4-10(11)15-12(13(14)16)9-6-7-18-8-9/h2-5,9,12,15H,6-8H2,1H3,(H2,14,16). The number of ether oxygens (including phenoxy) is 1. The van der Waals surface area contributed by atoms with E-state index in [1.807, 2.05) is 36.0 Å². The predicted molar refractivity (Wildman–Crippen MR) is 75.0 cm³/mol. The van der Waals surface area contributed by atoms with E-state index in [2.05, 4.69) is 5.32 Å². The van der Waals surface area contributed by atoms with Gasteiger partial charge in [0.25, 0.3) is 0 Å². The van der Waals surface area contributed by atoms with Crippen molar-refractivity contribution in [2.75, 3.05) is 23.9 Å². The molecule has 1 saturated heterocycles. The first-order valence-corrected chi connectivity index (χ1v) is 7.14. The summed E-state index contributed by atoms with van der Waals surface area (Å²) in [7, 11) is 1.62. The average Bonchev–Trinajstić information content (AvgIpc) is 2.89. The number of nitrogens with two attached hydrogens (primary N) is 1. The number of anilines is 1. The summed E-state index contributed by atoms with van der Waals surface area (Å²) < 4.78 is 5.27. The second-order valence-electron chi connectivity index (χ2n) is 4.35. The molecule has 1 aromatic rings. The highest BCUT2D eigenvalue weighted by atomic mass is 32.2. The van der Waals surface area contributed by atoms with Gasteiger partial charge in [-0.3, -0.25) is 4.79 Å². The molecule has 98 valence electrons. The quantitative estimate of drug-likeness (QED) is 0.851. The van der Waals surface area contributed by atoms with Crippen molar-refractivity contribution >= 4 is 23.4 Å². The maximum absolute atomic E-state index is 11.6. The molecule has 2 unspecified atom stereocenters. The Morgan fingerprint density at radius 2 is 2.33 bits per heavy atom. The smallest absolute Gasteiger partial charge is 0.240 e. The number of para-hydroxylation sites is 2. The Hall–Kier alpha value is -1.36. The summed E-state index contributed by atoms with van der Waals surface area (Å²) in [5, 5.41) is 3.23. The van der Waals surface area contributed by atoms with Crippen LogP contribution < -0.4 is 15.8 Å². The zero-order valence-corrected chi connectivity index (χ0v) is 11.2. The molecular formula is C13H18N2O2S. The fourth-order valence-corrected chi connectivity index (χ4v) is 3.47. The molecule has 1 fully saturated rings. The van der Waals surface area contributed by atoms with Gasteiger partial charge < -0.3 is 15.8 Å². The fourth-order valence-electron chi connectivity index (χ4n) is 2.17. The molecule has 5 heteroatoms. The van der Waals surface area contributed by atoms with Gasteiger partial charge in [0.05, 0.1) is 12.8 Å². The minimum atomic E-state index is -0.323. The number of nitrogens with one attached hydrogen (secondary N) is 1. The van der Waals surface area contributed by atoms with Crippen molar-refractivity contribution in [3.63, 3.8) is 0 Å². The lowest BCUT2D eigenvalue weighted by Gasteiger charge is -2.23. The first kappa shape index (κ1) is 13.1. The van der Waals surface area contributed by atoms with Gasteiger partial charge in [-0.1, -0.05) is 12.1 Å². The lowest BCUT2D eigenvalue weighted by molar-refractivity contribution is -0.119. The van der Waals surface area contributed by atoms with Crippen LogP contribution in [0.3, 0.4) is 0 Å². The molecule has 1 aliphatic rings. The number of benzene rings is 1. The summed E-state index contributed by atoms with van der Waals surface area (Å²) in [6, 6.07) is 7.25. The number of primary amides is 1. The molecule has 0 aliphatic carbocycles. The first-order valence-electron chi connectivity index (χ1n) is 5.99. The predicted octanol–water partition coefficient (Wildman–Crippen LogP) is 1.71. The zero-order chi connectivity index (χ0) is 13.0. The Morgan fingerprint density at radius 1 is 1.56 bits per heavy atom. The van der Waals surface area contributed by atoms with E-state index < -0.39 is 0 Å². The molecule has 1 aromatic carbocycles. The molecule has 3 N–H and O–H groups in total. The minimum absolute atomic E-state index is 0.298. The van der Waals surface area contributed by atoms with Crippen LogP contribution in [-0.2, 0) is 4.79 Å². The molecule has 2 atom stereocenters. The topological polar surface area (TPSA) is 64.3 Å². The molecule has 0 spiro atoms. The third kappa shape index (κ3) is 2.90. The molecule has 0 radical (unpaired) electrons. The number of hydrogen-bond acceptors (Lipinski definition) is 4. The van der Waals surface area contributed by atoms with Gasteiger partial charge in [-0.15, -0.1) is 0 Å². The number of methoxy groups -OCH3 is 1. The van der Waals surface area contributed by atoms with Crippen molar-refractivity contribution < 1.29 is 9.53 Å². The number of carbonyl (C=O) groups is 1.